The van der Waals surface area contributed by atoms with E-state index in [2.05, 4.69) is 0 Å². The van der Waals surface area contributed by atoms with Crippen molar-refractivity contribution >= 4 is 17.4 Å². The number of aromatic nitrogens is 1. The Morgan fingerprint density at radius 2 is 1.84 bits per heavy atom. The highest BCUT2D eigenvalue weighted by atomic mass is 16.6. The van der Waals surface area contributed by atoms with E-state index in [1.807, 2.05) is 18.4 Å². The topological polar surface area (TPSA) is 119 Å². The molecular formula is C22H26N2O8. The fourth-order valence-corrected chi connectivity index (χ4v) is 3.83. The zero-order chi connectivity index (χ0) is 23.4. The maximum Gasteiger partial charge on any atom is 0.345 e. The Kier molecular flexibility index (Phi) is 7.14. The maximum absolute atomic E-state index is 12.7. The van der Waals surface area contributed by atoms with Crippen LogP contribution in [0.3, 0.4) is 0 Å². The van der Waals surface area contributed by atoms with Gasteiger partial charge >= 0.3 is 5.97 Å². The summed E-state index contributed by atoms with van der Waals surface area (Å²) in [7, 11) is 2.67. The molecular weight excluding hydrogens is 420 g/mol. The van der Waals surface area contributed by atoms with Crippen LogP contribution in [-0.4, -0.2) is 54.8 Å². The summed E-state index contributed by atoms with van der Waals surface area (Å²) < 4.78 is 23.0. The molecule has 3 rings (SSSR count). The highest BCUT2D eigenvalue weighted by Crippen LogP contribution is 2.34. The number of benzene rings is 1. The minimum atomic E-state index is -1.00. The van der Waals surface area contributed by atoms with Crippen molar-refractivity contribution in [3.05, 3.63) is 50.8 Å². The van der Waals surface area contributed by atoms with Crippen LogP contribution in [-0.2, 0) is 16.0 Å². The third kappa shape index (κ3) is 4.75. The number of Topliss-reactive ketones (excluding diaryl/α,β-unsaturated/α-hetero) is 1. The van der Waals surface area contributed by atoms with E-state index < -0.39 is 29.0 Å². The minimum Gasteiger partial charge on any atom is -0.493 e. The van der Waals surface area contributed by atoms with Crippen LogP contribution < -0.4 is 9.47 Å². The van der Waals surface area contributed by atoms with Crippen molar-refractivity contribution in [1.29, 1.82) is 0 Å². The first-order chi connectivity index (χ1) is 15.3. The first-order valence-corrected chi connectivity index (χ1v) is 10.2. The number of hydrogen-bond acceptors (Lipinski definition) is 8. The van der Waals surface area contributed by atoms with Crippen LogP contribution in [0, 0.1) is 24.0 Å². The number of carbonyl (C=O) groups excluding carboxylic acids is 2. The summed E-state index contributed by atoms with van der Waals surface area (Å²) in [6.07, 6.45) is 2.11. The Morgan fingerprint density at radius 1 is 1.16 bits per heavy atom. The lowest BCUT2D eigenvalue weighted by molar-refractivity contribution is -0.385. The van der Waals surface area contributed by atoms with Gasteiger partial charge in [0.05, 0.1) is 31.3 Å². The first kappa shape index (κ1) is 23.3. The molecule has 0 saturated carbocycles. The molecule has 172 valence electrons. The zero-order valence-corrected chi connectivity index (χ0v) is 18.5. The van der Waals surface area contributed by atoms with Crippen molar-refractivity contribution in [2.24, 2.45) is 0 Å². The third-order valence-corrected chi connectivity index (χ3v) is 5.54. The third-order valence-electron chi connectivity index (χ3n) is 5.54. The van der Waals surface area contributed by atoms with Crippen LogP contribution >= 0.6 is 0 Å². The van der Waals surface area contributed by atoms with Crippen LogP contribution in [0.1, 0.15) is 44.9 Å². The van der Waals surface area contributed by atoms with Gasteiger partial charge in [-0.05, 0) is 32.8 Å². The quantitative estimate of drug-likeness (QED) is 0.249. The molecule has 1 aromatic carbocycles. The second-order valence-electron chi connectivity index (χ2n) is 7.51. The lowest BCUT2D eigenvalue weighted by Crippen LogP contribution is -2.18. The van der Waals surface area contributed by atoms with E-state index in [0.29, 0.717) is 12.1 Å². The van der Waals surface area contributed by atoms with Crippen molar-refractivity contribution in [3.8, 4) is 11.5 Å². The lowest BCUT2D eigenvalue weighted by Gasteiger charge is -2.14. The molecule has 2 aromatic rings. The van der Waals surface area contributed by atoms with Gasteiger partial charge in [0, 0.05) is 36.2 Å². The van der Waals surface area contributed by atoms with E-state index in [4.69, 9.17) is 18.9 Å². The van der Waals surface area contributed by atoms with Crippen molar-refractivity contribution < 1.29 is 33.5 Å². The summed E-state index contributed by atoms with van der Waals surface area (Å²) in [5, 5.41) is 11.4. The number of nitro groups is 1. The predicted molar refractivity (Wildman–Crippen MR) is 114 cm³/mol. The summed E-state index contributed by atoms with van der Waals surface area (Å²) in [5.74, 6) is -1.16. The number of rotatable bonds is 9. The molecule has 1 aliphatic heterocycles. The zero-order valence-electron chi connectivity index (χ0n) is 18.5. The maximum atomic E-state index is 12.7. The Morgan fingerprint density at radius 3 is 2.44 bits per heavy atom. The average molecular weight is 446 g/mol. The lowest BCUT2D eigenvalue weighted by atomic mass is 10.1. The molecule has 1 unspecified atom stereocenters. The average Bonchev–Trinajstić information content (AvgIpc) is 3.39. The molecule has 0 amide bonds. The molecule has 10 heteroatoms. The van der Waals surface area contributed by atoms with E-state index in [1.54, 1.807) is 6.07 Å². The predicted octanol–water partition coefficient (Wildman–Crippen LogP) is 3.25. The number of carbonyl (C=O) groups is 2. The van der Waals surface area contributed by atoms with Gasteiger partial charge in [-0.15, -0.1) is 0 Å². The van der Waals surface area contributed by atoms with Gasteiger partial charge in [-0.1, -0.05) is 0 Å². The first-order valence-electron chi connectivity index (χ1n) is 10.2. The van der Waals surface area contributed by atoms with Gasteiger partial charge in [-0.2, -0.15) is 0 Å². The number of aryl methyl sites for hydroxylation is 1. The number of esters is 1. The van der Waals surface area contributed by atoms with Crippen molar-refractivity contribution in [2.45, 2.75) is 39.3 Å². The molecule has 1 aromatic heterocycles. The van der Waals surface area contributed by atoms with Gasteiger partial charge in [0.1, 0.15) is 5.56 Å². The number of hydrogen-bond donors (Lipinski definition) is 0. The number of methoxy groups -OCH3 is 2. The molecule has 0 spiro atoms. The molecule has 1 saturated heterocycles. The van der Waals surface area contributed by atoms with Crippen molar-refractivity contribution in [3.63, 3.8) is 0 Å². The van der Waals surface area contributed by atoms with Crippen molar-refractivity contribution in [2.75, 3.05) is 27.4 Å². The van der Waals surface area contributed by atoms with Gasteiger partial charge in [-0.25, -0.2) is 4.79 Å². The van der Waals surface area contributed by atoms with Gasteiger partial charge in [0.15, 0.2) is 18.1 Å². The molecule has 1 atom stereocenters. The molecule has 0 radical (unpaired) electrons. The van der Waals surface area contributed by atoms with Crippen LogP contribution in [0.15, 0.2) is 18.2 Å². The summed E-state index contributed by atoms with van der Waals surface area (Å²) in [6.45, 7) is 4.58. The SMILES string of the molecule is COc1cc(C(=O)OCC(=O)c2cc(C)n(CC3CCCO3)c2C)c([N+](=O)[O-])cc1OC. The largest absolute Gasteiger partial charge is 0.493 e. The molecule has 0 bridgehead atoms. The molecule has 1 fully saturated rings. The van der Waals surface area contributed by atoms with E-state index in [9.17, 15) is 19.7 Å². The Balaban J connectivity index is 1.75. The summed E-state index contributed by atoms with van der Waals surface area (Å²) in [5.41, 5.74) is 1.27. The fourth-order valence-electron chi connectivity index (χ4n) is 3.83. The molecule has 10 nitrogen and oxygen atoms in total. The van der Waals surface area contributed by atoms with E-state index >= 15 is 0 Å². The fraction of sp³-hybridized carbons (Fsp3) is 0.455. The summed E-state index contributed by atoms with van der Waals surface area (Å²) in [6, 6.07) is 3.99. The Hall–Kier alpha value is -3.40. The van der Waals surface area contributed by atoms with Gasteiger partial charge < -0.3 is 23.5 Å². The standard InChI is InChI=1S/C22H26N2O8/c1-13-8-16(14(2)23(13)11-15-6-5-7-31-15)19(25)12-32-22(26)17-9-20(29-3)21(30-4)10-18(17)24(27)28/h8-10,15H,5-7,11-12H2,1-4H3. The Labute approximate surface area is 185 Å². The van der Waals surface area contributed by atoms with E-state index in [0.717, 1.165) is 43.0 Å². The van der Waals surface area contributed by atoms with Crippen LogP contribution in [0.4, 0.5) is 5.69 Å². The highest BCUT2D eigenvalue weighted by molar-refractivity contribution is 6.01. The smallest absolute Gasteiger partial charge is 0.345 e. The summed E-state index contributed by atoms with van der Waals surface area (Å²) >= 11 is 0. The number of nitrogens with zero attached hydrogens (tertiary/aromatic N) is 2. The second kappa shape index (κ2) is 9.82. The normalized spacial score (nSPS) is 15.4. The monoisotopic (exact) mass is 446 g/mol. The molecule has 2 heterocycles. The molecule has 0 aliphatic carbocycles. The number of ether oxygens (including phenoxy) is 4. The summed E-state index contributed by atoms with van der Waals surface area (Å²) in [4.78, 5) is 36.0. The Bertz CT molecular complexity index is 1040. The highest BCUT2D eigenvalue weighted by Gasteiger charge is 2.27. The van der Waals surface area contributed by atoms with Crippen LogP contribution in [0.25, 0.3) is 0 Å². The van der Waals surface area contributed by atoms with Gasteiger partial charge in [0.2, 0.25) is 5.78 Å². The minimum absolute atomic E-state index is 0.102. The van der Waals surface area contributed by atoms with Crippen LogP contribution in [0.2, 0.25) is 0 Å². The number of nitro benzene ring substituents is 1. The number of ketones is 1. The second-order valence-corrected chi connectivity index (χ2v) is 7.51. The molecule has 1 aliphatic rings. The van der Waals surface area contributed by atoms with E-state index in [1.165, 1.54) is 14.2 Å². The van der Waals surface area contributed by atoms with Crippen LogP contribution in [0.5, 0.6) is 11.5 Å². The van der Waals surface area contributed by atoms with Gasteiger partial charge in [0.25, 0.3) is 5.69 Å². The molecule has 0 N–H and O–H groups in total. The molecule has 32 heavy (non-hydrogen) atoms. The van der Waals surface area contributed by atoms with E-state index in [-0.39, 0.29) is 23.2 Å². The van der Waals surface area contributed by atoms with Gasteiger partial charge in [-0.3, -0.25) is 14.9 Å². The van der Waals surface area contributed by atoms with Crippen molar-refractivity contribution in [1.82, 2.24) is 4.57 Å².